The first-order valence-corrected chi connectivity index (χ1v) is 10.4. The zero-order valence-electron chi connectivity index (χ0n) is 17.2. The van der Waals surface area contributed by atoms with Gasteiger partial charge >= 0.3 is 6.09 Å². The molecule has 4 nitrogen and oxygen atoms in total. The summed E-state index contributed by atoms with van der Waals surface area (Å²) in [6.45, 7) is 12.2. The lowest BCUT2D eigenvalue weighted by Crippen LogP contribution is -2.48. The summed E-state index contributed by atoms with van der Waals surface area (Å²) < 4.78 is 5.72. The molecule has 2 saturated carbocycles. The topological polar surface area (TPSA) is 41.6 Å². The highest BCUT2D eigenvalue weighted by Crippen LogP contribution is 2.37. The predicted octanol–water partition coefficient (Wildman–Crippen LogP) is 5.11. The van der Waals surface area contributed by atoms with Crippen LogP contribution in [0.3, 0.4) is 0 Å². The molecule has 0 aromatic rings. The van der Waals surface area contributed by atoms with Gasteiger partial charge < -0.3 is 15.0 Å². The molecule has 146 valence electrons. The third-order valence-electron chi connectivity index (χ3n) is 5.89. The number of amides is 1. The van der Waals surface area contributed by atoms with Crippen molar-refractivity contribution in [2.45, 2.75) is 110 Å². The second-order valence-corrected chi connectivity index (χ2v) is 9.71. The van der Waals surface area contributed by atoms with E-state index in [0.29, 0.717) is 17.5 Å². The van der Waals surface area contributed by atoms with E-state index in [1.54, 1.807) is 0 Å². The van der Waals surface area contributed by atoms with Crippen molar-refractivity contribution >= 4 is 6.09 Å². The largest absolute Gasteiger partial charge is 0.444 e. The first-order chi connectivity index (χ1) is 11.7. The Morgan fingerprint density at radius 1 is 1.08 bits per heavy atom. The highest BCUT2D eigenvalue weighted by Gasteiger charge is 2.34. The number of hydrogen-bond donors (Lipinski definition) is 1. The van der Waals surface area contributed by atoms with E-state index in [0.717, 1.165) is 25.9 Å². The zero-order valence-corrected chi connectivity index (χ0v) is 17.2. The fourth-order valence-electron chi connectivity index (χ4n) is 4.38. The van der Waals surface area contributed by atoms with Crippen molar-refractivity contribution in [3.05, 3.63) is 0 Å². The van der Waals surface area contributed by atoms with Gasteiger partial charge in [0.25, 0.3) is 0 Å². The zero-order chi connectivity index (χ0) is 18.5. The highest BCUT2D eigenvalue weighted by atomic mass is 16.6. The Hall–Kier alpha value is -0.770. The van der Waals surface area contributed by atoms with Crippen LogP contribution in [0.1, 0.15) is 92.4 Å². The van der Waals surface area contributed by atoms with Crippen molar-refractivity contribution in [1.82, 2.24) is 10.2 Å². The second-order valence-electron chi connectivity index (χ2n) is 9.71. The Morgan fingerprint density at radius 2 is 1.72 bits per heavy atom. The summed E-state index contributed by atoms with van der Waals surface area (Å²) in [4.78, 5) is 14.8. The molecule has 0 aromatic carbocycles. The van der Waals surface area contributed by atoms with Crippen LogP contribution in [0.15, 0.2) is 0 Å². The minimum absolute atomic E-state index is 0.133. The van der Waals surface area contributed by atoms with Crippen LogP contribution in [0.5, 0.6) is 0 Å². The molecule has 2 rings (SSSR count). The van der Waals surface area contributed by atoms with Crippen LogP contribution in [-0.2, 0) is 4.74 Å². The van der Waals surface area contributed by atoms with Gasteiger partial charge in [0.2, 0.25) is 0 Å². The van der Waals surface area contributed by atoms with Gasteiger partial charge in [-0.1, -0.05) is 46.0 Å². The number of ether oxygens (including phenoxy) is 1. The molecule has 0 aliphatic heterocycles. The fourth-order valence-corrected chi connectivity index (χ4v) is 4.38. The van der Waals surface area contributed by atoms with Gasteiger partial charge in [0.05, 0.1) is 0 Å². The van der Waals surface area contributed by atoms with Gasteiger partial charge in [0.15, 0.2) is 0 Å². The van der Waals surface area contributed by atoms with Crippen LogP contribution in [0.4, 0.5) is 4.79 Å². The molecule has 2 aliphatic rings. The molecule has 1 unspecified atom stereocenters. The number of hydrogen-bond acceptors (Lipinski definition) is 3. The molecule has 1 atom stereocenters. The summed E-state index contributed by atoms with van der Waals surface area (Å²) in [7, 11) is 0. The maximum absolute atomic E-state index is 12.8. The lowest BCUT2D eigenvalue weighted by atomic mass is 9.87. The van der Waals surface area contributed by atoms with Crippen LogP contribution < -0.4 is 5.32 Å². The van der Waals surface area contributed by atoms with E-state index in [-0.39, 0.29) is 6.09 Å². The first-order valence-electron chi connectivity index (χ1n) is 10.4. The van der Waals surface area contributed by atoms with E-state index < -0.39 is 5.60 Å². The molecule has 1 amide bonds. The van der Waals surface area contributed by atoms with Crippen molar-refractivity contribution in [3.8, 4) is 0 Å². The third-order valence-corrected chi connectivity index (χ3v) is 5.89. The van der Waals surface area contributed by atoms with Crippen LogP contribution in [-0.4, -0.2) is 41.8 Å². The molecule has 0 spiro atoms. The molecule has 2 aliphatic carbocycles. The first kappa shape index (κ1) is 20.5. The minimum Gasteiger partial charge on any atom is -0.444 e. The van der Waals surface area contributed by atoms with Crippen LogP contribution in [0.25, 0.3) is 0 Å². The molecule has 2 fully saturated rings. The van der Waals surface area contributed by atoms with Gasteiger partial charge in [-0.25, -0.2) is 4.79 Å². The Balaban J connectivity index is 1.94. The maximum atomic E-state index is 12.8. The van der Waals surface area contributed by atoms with Gasteiger partial charge in [-0.15, -0.1) is 0 Å². The predicted molar refractivity (Wildman–Crippen MR) is 104 cm³/mol. The molecule has 1 N–H and O–H groups in total. The van der Waals surface area contributed by atoms with Crippen LogP contribution in [0, 0.1) is 5.41 Å². The molecular formula is C21H40N2O2. The van der Waals surface area contributed by atoms with Crippen molar-refractivity contribution in [1.29, 1.82) is 0 Å². The van der Waals surface area contributed by atoms with Gasteiger partial charge in [0.1, 0.15) is 5.60 Å². The highest BCUT2D eigenvalue weighted by molar-refractivity contribution is 5.68. The average Bonchev–Trinajstić information content (AvgIpc) is 2.70. The Morgan fingerprint density at radius 3 is 2.24 bits per heavy atom. The number of nitrogens with zero attached hydrogens (tertiary/aromatic N) is 1. The maximum Gasteiger partial charge on any atom is 0.410 e. The second kappa shape index (κ2) is 8.75. The number of carbonyl (C=O) groups excluding carboxylic acids is 1. The molecule has 0 saturated heterocycles. The van der Waals surface area contributed by atoms with Gasteiger partial charge in [0, 0.05) is 25.2 Å². The monoisotopic (exact) mass is 352 g/mol. The van der Waals surface area contributed by atoms with Crippen molar-refractivity contribution in [2.24, 2.45) is 5.41 Å². The molecule has 0 heterocycles. The summed E-state index contributed by atoms with van der Waals surface area (Å²) in [6, 6.07) is 0.915. The van der Waals surface area contributed by atoms with E-state index in [2.05, 4.69) is 19.2 Å². The lowest BCUT2D eigenvalue weighted by molar-refractivity contribution is 0.0144. The Labute approximate surface area is 155 Å². The van der Waals surface area contributed by atoms with Gasteiger partial charge in [-0.3, -0.25) is 0 Å². The van der Waals surface area contributed by atoms with E-state index in [4.69, 9.17) is 4.74 Å². The quantitative estimate of drug-likeness (QED) is 0.699. The summed E-state index contributed by atoms with van der Waals surface area (Å²) >= 11 is 0. The summed E-state index contributed by atoms with van der Waals surface area (Å²) in [5.41, 5.74) is -0.0556. The van der Waals surface area contributed by atoms with Crippen LogP contribution >= 0.6 is 0 Å². The summed E-state index contributed by atoms with van der Waals surface area (Å²) in [6.07, 6.45) is 11.0. The van der Waals surface area contributed by atoms with E-state index in [1.807, 2.05) is 25.7 Å². The van der Waals surface area contributed by atoms with Crippen molar-refractivity contribution in [2.75, 3.05) is 13.1 Å². The van der Waals surface area contributed by atoms with Gasteiger partial charge in [-0.2, -0.15) is 0 Å². The SMILES string of the molecule is CC(C)(C)OC(=O)N(CCNC1CCCC1(C)C)C1CCCCCC1. The lowest BCUT2D eigenvalue weighted by Gasteiger charge is -2.34. The van der Waals surface area contributed by atoms with E-state index >= 15 is 0 Å². The smallest absolute Gasteiger partial charge is 0.410 e. The van der Waals surface area contributed by atoms with Gasteiger partial charge in [-0.05, 0) is 51.9 Å². The van der Waals surface area contributed by atoms with Crippen molar-refractivity contribution < 1.29 is 9.53 Å². The molecule has 0 bridgehead atoms. The molecule has 0 aromatic heterocycles. The Bertz CT molecular complexity index is 420. The summed E-state index contributed by atoms with van der Waals surface area (Å²) in [5, 5.41) is 3.73. The average molecular weight is 353 g/mol. The molecule has 25 heavy (non-hydrogen) atoms. The number of carbonyl (C=O) groups is 1. The summed E-state index contributed by atoms with van der Waals surface area (Å²) in [5.74, 6) is 0. The number of rotatable bonds is 5. The standard InChI is InChI=1S/C21H40N2O2/c1-20(2,3)25-19(24)23(17-11-8-6-7-9-12-17)16-15-22-18-13-10-14-21(18,4)5/h17-18,22H,6-16H2,1-5H3. The van der Waals surface area contributed by atoms with Crippen LogP contribution in [0.2, 0.25) is 0 Å². The number of nitrogens with one attached hydrogen (secondary N) is 1. The third kappa shape index (κ3) is 6.47. The minimum atomic E-state index is -0.430. The molecule has 4 heteroatoms. The molecular weight excluding hydrogens is 312 g/mol. The van der Waals surface area contributed by atoms with Crippen molar-refractivity contribution in [3.63, 3.8) is 0 Å². The fraction of sp³-hybridized carbons (Fsp3) is 0.952. The van der Waals surface area contributed by atoms with E-state index in [9.17, 15) is 4.79 Å². The molecule has 0 radical (unpaired) electrons. The Kier molecular flexibility index (Phi) is 7.19. The normalized spacial score (nSPS) is 24.8. The van der Waals surface area contributed by atoms with E-state index in [1.165, 1.54) is 44.9 Å².